The quantitative estimate of drug-likeness (QED) is 0.843. The molecule has 2 rings (SSSR count). The monoisotopic (exact) mass is 298 g/mol. The second-order valence-electron chi connectivity index (χ2n) is 5.02. The zero-order valence-electron chi connectivity index (χ0n) is 11.6. The van der Waals surface area contributed by atoms with Gasteiger partial charge in [-0.2, -0.15) is 0 Å². The van der Waals surface area contributed by atoms with Gasteiger partial charge in [0.05, 0.1) is 5.92 Å². The number of carbonyl (C=O) groups excluding carboxylic acids is 1. The maximum Gasteiger partial charge on any atom is 0.224 e. The van der Waals surface area contributed by atoms with Gasteiger partial charge in [0, 0.05) is 38.6 Å². The van der Waals surface area contributed by atoms with Crippen molar-refractivity contribution in [3.05, 3.63) is 30.1 Å². The number of amides is 1. The SMILES string of the molecule is Cl.NCCNC(=O)C1CCCN(Cc2cccnc2)C1. The molecule has 0 radical (unpaired) electrons. The molecular formula is C14H23ClN4O. The van der Waals surface area contributed by atoms with E-state index in [0.717, 1.165) is 32.5 Å². The van der Waals surface area contributed by atoms with Crippen molar-refractivity contribution in [2.75, 3.05) is 26.2 Å². The molecule has 1 aromatic rings. The minimum Gasteiger partial charge on any atom is -0.355 e. The Bertz CT molecular complexity index is 401. The van der Waals surface area contributed by atoms with Crippen molar-refractivity contribution in [1.82, 2.24) is 15.2 Å². The van der Waals surface area contributed by atoms with Crippen LogP contribution in [0.15, 0.2) is 24.5 Å². The Hall–Kier alpha value is -1.17. The highest BCUT2D eigenvalue weighted by atomic mass is 35.5. The number of nitrogens with zero attached hydrogens (tertiary/aromatic N) is 2. The molecule has 0 spiro atoms. The summed E-state index contributed by atoms with van der Waals surface area (Å²) in [6, 6.07) is 4.02. The largest absolute Gasteiger partial charge is 0.355 e. The second kappa shape index (κ2) is 8.89. The summed E-state index contributed by atoms with van der Waals surface area (Å²) >= 11 is 0. The Morgan fingerprint density at radius 2 is 2.40 bits per heavy atom. The van der Waals surface area contributed by atoms with Crippen LogP contribution in [0.4, 0.5) is 0 Å². The Kier molecular flexibility index (Phi) is 7.51. The fraction of sp³-hybridized carbons (Fsp3) is 0.571. The number of hydrogen-bond donors (Lipinski definition) is 2. The summed E-state index contributed by atoms with van der Waals surface area (Å²) in [5, 5.41) is 2.88. The van der Waals surface area contributed by atoms with Gasteiger partial charge in [-0.15, -0.1) is 12.4 Å². The van der Waals surface area contributed by atoms with E-state index in [1.54, 1.807) is 6.20 Å². The molecule has 2 heterocycles. The Labute approximate surface area is 126 Å². The number of nitrogens with two attached hydrogens (primary N) is 1. The van der Waals surface area contributed by atoms with Crippen molar-refractivity contribution < 1.29 is 4.79 Å². The average molecular weight is 299 g/mol. The molecular weight excluding hydrogens is 276 g/mol. The van der Waals surface area contributed by atoms with Crippen molar-refractivity contribution in [1.29, 1.82) is 0 Å². The molecule has 20 heavy (non-hydrogen) atoms. The van der Waals surface area contributed by atoms with Crippen LogP contribution < -0.4 is 11.1 Å². The predicted octanol–water partition coefficient (Wildman–Crippen LogP) is 0.790. The summed E-state index contributed by atoms with van der Waals surface area (Å²) in [5.41, 5.74) is 6.60. The summed E-state index contributed by atoms with van der Waals surface area (Å²) in [4.78, 5) is 18.4. The van der Waals surface area contributed by atoms with E-state index in [9.17, 15) is 4.79 Å². The van der Waals surface area contributed by atoms with E-state index in [0.29, 0.717) is 13.1 Å². The van der Waals surface area contributed by atoms with E-state index in [4.69, 9.17) is 5.73 Å². The zero-order chi connectivity index (χ0) is 13.5. The molecule has 0 aromatic carbocycles. The fourth-order valence-corrected chi connectivity index (χ4v) is 2.50. The van der Waals surface area contributed by atoms with E-state index in [2.05, 4.69) is 21.3 Å². The zero-order valence-corrected chi connectivity index (χ0v) is 12.4. The van der Waals surface area contributed by atoms with Gasteiger partial charge < -0.3 is 11.1 Å². The molecule has 1 aromatic heterocycles. The first-order chi connectivity index (χ1) is 9.29. The van der Waals surface area contributed by atoms with E-state index in [1.807, 2.05) is 12.3 Å². The van der Waals surface area contributed by atoms with Gasteiger partial charge >= 0.3 is 0 Å². The molecule has 1 saturated heterocycles. The minimum absolute atomic E-state index is 0. The van der Waals surface area contributed by atoms with E-state index in [-0.39, 0.29) is 24.2 Å². The number of rotatable bonds is 5. The third-order valence-electron chi connectivity index (χ3n) is 3.45. The van der Waals surface area contributed by atoms with E-state index < -0.39 is 0 Å². The maximum atomic E-state index is 11.9. The smallest absolute Gasteiger partial charge is 0.224 e. The van der Waals surface area contributed by atoms with Crippen molar-refractivity contribution in [3.63, 3.8) is 0 Å². The summed E-state index contributed by atoms with van der Waals surface area (Å²) in [6.45, 7) is 3.81. The lowest BCUT2D eigenvalue weighted by Gasteiger charge is -2.31. The number of halogens is 1. The van der Waals surface area contributed by atoms with Gasteiger partial charge in [0.1, 0.15) is 0 Å². The minimum atomic E-state index is 0. The molecule has 5 nitrogen and oxygen atoms in total. The highest BCUT2D eigenvalue weighted by Crippen LogP contribution is 2.18. The highest BCUT2D eigenvalue weighted by molar-refractivity contribution is 5.85. The van der Waals surface area contributed by atoms with Crippen LogP contribution in [0.1, 0.15) is 18.4 Å². The lowest BCUT2D eigenvalue weighted by Crippen LogP contribution is -2.43. The standard InChI is InChI=1S/C14H22N4O.ClH/c15-5-7-17-14(19)13-4-2-8-18(11-13)10-12-3-1-6-16-9-12;/h1,3,6,9,13H,2,4-5,7-8,10-11,15H2,(H,17,19);1H. The van der Waals surface area contributed by atoms with E-state index >= 15 is 0 Å². The molecule has 6 heteroatoms. The maximum absolute atomic E-state index is 11.9. The molecule has 1 unspecified atom stereocenters. The normalized spacial score (nSPS) is 19.1. The third-order valence-corrected chi connectivity index (χ3v) is 3.45. The number of carbonyl (C=O) groups is 1. The Balaban J connectivity index is 0.00000200. The van der Waals surface area contributed by atoms with Crippen molar-refractivity contribution in [3.8, 4) is 0 Å². The first-order valence-electron chi connectivity index (χ1n) is 6.88. The molecule has 112 valence electrons. The first kappa shape index (κ1) is 16.9. The molecule has 1 atom stereocenters. The molecule has 1 aliphatic rings. The van der Waals surface area contributed by atoms with Crippen molar-refractivity contribution >= 4 is 18.3 Å². The van der Waals surface area contributed by atoms with Crippen LogP contribution in [0, 0.1) is 5.92 Å². The number of nitrogens with one attached hydrogen (secondary N) is 1. The van der Waals surface area contributed by atoms with Crippen LogP contribution in [0.3, 0.4) is 0 Å². The summed E-state index contributed by atoms with van der Waals surface area (Å²) < 4.78 is 0. The van der Waals surface area contributed by atoms with Crippen LogP contribution in [-0.2, 0) is 11.3 Å². The van der Waals surface area contributed by atoms with Gasteiger partial charge in [-0.3, -0.25) is 14.7 Å². The summed E-state index contributed by atoms with van der Waals surface area (Å²) in [5.74, 6) is 0.235. The van der Waals surface area contributed by atoms with Crippen LogP contribution in [-0.4, -0.2) is 42.0 Å². The average Bonchev–Trinajstić information content (AvgIpc) is 2.46. The lowest BCUT2D eigenvalue weighted by atomic mass is 9.97. The van der Waals surface area contributed by atoms with Crippen molar-refractivity contribution in [2.45, 2.75) is 19.4 Å². The molecule has 0 aliphatic carbocycles. The number of hydrogen-bond acceptors (Lipinski definition) is 4. The fourth-order valence-electron chi connectivity index (χ4n) is 2.50. The van der Waals surface area contributed by atoms with Gasteiger partial charge in [0.15, 0.2) is 0 Å². The predicted molar refractivity (Wildman–Crippen MR) is 81.6 cm³/mol. The molecule has 3 N–H and O–H groups in total. The van der Waals surface area contributed by atoms with Gasteiger partial charge in [-0.25, -0.2) is 0 Å². The summed E-state index contributed by atoms with van der Waals surface area (Å²) in [6.07, 6.45) is 5.71. The number of likely N-dealkylation sites (tertiary alicyclic amines) is 1. The Morgan fingerprint density at radius 1 is 1.55 bits per heavy atom. The molecule has 1 aliphatic heterocycles. The van der Waals surface area contributed by atoms with Crippen LogP contribution in [0.5, 0.6) is 0 Å². The first-order valence-corrected chi connectivity index (χ1v) is 6.88. The highest BCUT2D eigenvalue weighted by Gasteiger charge is 2.25. The van der Waals surface area contributed by atoms with Gasteiger partial charge in [0.2, 0.25) is 5.91 Å². The van der Waals surface area contributed by atoms with E-state index in [1.165, 1.54) is 5.56 Å². The molecule has 0 saturated carbocycles. The van der Waals surface area contributed by atoms with Gasteiger partial charge in [-0.1, -0.05) is 6.07 Å². The molecule has 1 amide bonds. The Morgan fingerprint density at radius 3 is 3.10 bits per heavy atom. The van der Waals surface area contributed by atoms with Crippen molar-refractivity contribution in [2.24, 2.45) is 11.7 Å². The van der Waals surface area contributed by atoms with Crippen LogP contribution in [0.25, 0.3) is 0 Å². The topological polar surface area (TPSA) is 71.2 Å². The van der Waals surface area contributed by atoms with Crippen LogP contribution >= 0.6 is 12.4 Å². The van der Waals surface area contributed by atoms with Crippen LogP contribution in [0.2, 0.25) is 0 Å². The molecule has 1 fully saturated rings. The second-order valence-corrected chi connectivity index (χ2v) is 5.02. The number of piperidine rings is 1. The number of aromatic nitrogens is 1. The third kappa shape index (κ3) is 5.07. The lowest BCUT2D eigenvalue weighted by molar-refractivity contribution is -0.126. The van der Waals surface area contributed by atoms with Gasteiger partial charge in [0.25, 0.3) is 0 Å². The number of pyridine rings is 1. The molecule has 0 bridgehead atoms. The summed E-state index contributed by atoms with van der Waals surface area (Å²) in [7, 11) is 0. The van der Waals surface area contributed by atoms with Gasteiger partial charge in [-0.05, 0) is 31.0 Å².